The zero-order valence-electron chi connectivity index (χ0n) is 9.37. The minimum atomic E-state index is -0.432. The molecule has 3 nitrogen and oxygen atoms in total. The first-order chi connectivity index (χ1) is 8.22. The third kappa shape index (κ3) is 2.36. The number of hydrogen-bond donors (Lipinski definition) is 1. The van der Waals surface area contributed by atoms with Crippen LogP contribution < -0.4 is 0 Å². The van der Waals surface area contributed by atoms with Crippen molar-refractivity contribution >= 4 is 22.9 Å². The maximum Gasteiger partial charge on any atom is 0.330 e. The molecule has 0 saturated carbocycles. The van der Waals surface area contributed by atoms with Crippen molar-refractivity contribution in [2.75, 3.05) is 6.61 Å². The minimum absolute atomic E-state index is 0.313. The summed E-state index contributed by atoms with van der Waals surface area (Å²) in [6.45, 7) is 2.06. The summed E-state index contributed by atoms with van der Waals surface area (Å²) < 4.78 is 18.3. The van der Waals surface area contributed by atoms with Gasteiger partial charge in [0.15, 0.2) is 0 Å². The smallest absolute Gasteiger partial charge is 0.330 e. The van der Waals surface area contributed by atoms with Crippen LogP contribution in [0.4, 0.5) is 4.39 Å². The fraction of sp³-hybridized carbons (Fsp3) is 0.154. The molecule has 0 aliphatic rings. The van der Waals surface area contributed by atoms with E-state index >= 15 is 0 Å². The molecule has 0 radical (unpaired) electrons. The van der Waals surface area contributed by atoms with Crippen LogP contribution >= 0.6 is 0 Å². The molecule has 2 aromatic rings. The Morgan fingerprint density at radius 1 is 1.53 bits per heavy atom. The van der Waals surface area contributed by atoms with Crippen molar-refractivity contribution in [2.45, 2.75) is 6.92 Å². The lowest BCUT2D eigenvalue weighted by molar-refractivity contribution is -0.137. The van der Waals surface area contributed by atoms with Gasteiger partial charge in [-0.1, -0.05) is 6.07 Å². The van der Waals surface area contributed by atoms with E-state index in [1.54, 1.807) is 31.3 Å². The summed E-state index contributed by atoms with van der Waals surface area (Å²) in [5.41, 5.74) is 1.33. The van der Waals surface area contributed by atoms with Crippen LogP contribution in [0.25, 0.3) is 17.0 Å². The fourth-order valence-corrected chi connectivity index (χ4v) is 1.65. The van der Waals surface area contributed by atoms with Gasteiger partial charge in [0.05, 0.1) is 6.61 Å². The Morgan fingerprint density at radius 2 is 2.35 bits per heavy atom. The topological polar surface area (TPSA) is 42.1 Å². The van der Waals surface area contributed by atoms with E-state index in [9.17, 15) is 9.18 Å². The third-order valence-electron chi connectivity index (χ3n) is 2.37. The summed E-state index contributed by atoms with van der Waals surface area (Å²) in [7, 11) is 0. The van der Waals surface area contributed by atoms with Crippen molar-refractivity contribution < 1.29 is 13.9 Å². The van der Waals surface area contributed by atoms with Crippen molar-refractivity contribution in [3.05, 3.63) is 41.9 Å². The van der Waals surface area contributed by atoms with Crippen molar-refractivity contribution in [3.8, 4) is 0 Å². The molecular formula is C13H12FNO2. The van der Waals surface area contributed by atoms with Crippen molar-refractivity contribution in [1.82, 2.24) is 4.98 Å². The highest BCUT2D eigenvalue weighted by molar-refractivity contribution is 5.94. The van der Waals surface area contributed by atoms with Crippen LogP contribution in [0, 0.1) is 5.82 Å². The second-order valence-electron chi connectivity index (χ2n) is 3.49. The van der Waals surface area contributed by atoms with E-state index in [0.717, 1.165) is 0 Å². The van der Waals surface area contributed by atoms with E-state index in [1.807, 2.05) is 0 Å². The van der Waals surface area contributed by atoms with Gasteiger partial charge in [0.2, 0.25) is 0 Å². The molecular weight excluding hydrogens is 221 g/mol. The number of aromatic nitrogens is 1. The first-order valence-electron chi connectivity index (χ1n) is 5.33. The van der Waals surface area contributed by atoms with E-state index < -0.39 is 5.97 Å². The van der Waals surface area contributed by atoms with Crippen LogP contribution in [0.5, 0.6) is 0 Å². The van der Waals surface area contributed by atoms with Crippen LogP contribution in [0.15, 0.2) is 30.5 Å². The van der Waals surface area contributed by atoms with Gasteiger partial charge in [-0.15, -0.1) is 0 Å². The molecule has 1 heterocycles. The van der Waals surface area contributed by atoms with Gasteiger partial charge in [-0.25, -0.2) is 9.18 Å². The van der Waals surface area contributed by atoms with Gasteiger partial charge in [-0.3, -0.25) is 0 Å². The van der Waals surface area contributed by atoms with Crippen LogP contribution in [0.3, 0.4) is 0 Å². The lowest BCUT2D eigenvalue weighted by Gasteiger charge is -1.95. The normalized spacial score (nSPS) is 11.2. The van der Waals surface area contributed by atoms with Gasteiger partial charge in [-0.2, -0.15) is 0 Å². The zero-order chi connectivity index (χ0) is 12.3. The summed E-state index contributed by atoms with van der Waals surface area (Å²) in [5, 5.41) is 0.480. The molecule has 17 heavy (non-hydrogen) atoms. The predicted molar refractivity (Wildman–Crippen MR) is 63.9 cm³/mol. The Labute approximate surface area is 97.9 Å². The summed E-state index contributed by atoms with van der Waals surface area (Å²) in [6.07, 6.45) is 4.49. The number of fused-ring (bicyclic) bond motifs is 1. The Bertz CT molecular complexity index is 572. The molecule has 0 unspecified atom stereocenters. The Balaban J connectivity index is 2.34. The van der Waals surface area contributed by atoms with Gasteiger partial charge in [0, 0.05) is 28.7 Å². The number of ether oxygens (including phenoxy) is 1. The molecule has 1 aromatic heterocycles. The molecule has 2 rings (SSSR count). The number of halogens is 1. The van der Waals surface area contributed by atoms with Gasteiger partial charge >= 0.3 is 5.97 Å². The summed E-state index contributed by atoms with van der Waals surface area (Å²) in [4.78, 5) is 14.1. The second-order valence-corrected chi connectivity index (χ2v) is 3.49. The van der Waals surface area contributed by atoms with E-state index in [4.69, 9.17) is 4.74 Å². The van der Waals surface area contributed by atoms with E-state index in [1.165, 1.54) is 12.1 Å². The van der Waals surface area contributed by atoms with E-state index in [2.05, 4.69) is 4.98 Å². The van der Waals surface area contributed by atoms with Gasteiger partial charge in [-0.05, 0) is 25.1 Å². The fourth-order valence-electron chi connectivity index (χ4n) is 1.65. The minimum Gasteiger partial charge on any atom is -0.463 e. The molecule has 0 amide bonds. The molecule has 0 atom stereocenters. The Morgan fingerprint density at radius 3 is 3.12 bits per heavy atom. The van der Waals surface area contributed by atoms with Gasteiger partial charge in [0.1, 0.15) is 5.82 Å². The number of aromatic amines is 1. The van der Waals surface area contributed by atoms with Crippen LogP contribution in [-0.4, -0.2) is 17.6 Å². The lowest BCUT2D eigenvalue weighted by Crippen LogP contribution is -1.98. The van der Waals surface area contributed by atoms with Crippen LogP contribution in [0.1, 0.15) is 12.5 Å². The maximum absolute atomic E-state index is 13.6. The van der Waals surface area contributed by atoms with Gasteiger partial charge < -0.3 is 9.72 Å². The number of carbonyl (C=O) groups is 1. The monoisotopic (exact) mass is 233 g/mol. The highest BCUT2D eigenvalue weighted by atomic mass is 19.1. The first kappa shape index (κ1) is 11.4. The molecule has 1 N–H and O–H groups in total. The zero-order valence-corrected chi connectivity index (χ0v) is 9.37. The number of rotatable bonds is 3. The van der Waals surface area contributed by atoms with Crippen LogP contribution in [0.2, 0.25) is 0 Å². The number of benzene rings is 1. The molecule has 1 aromatic carbocycles. The average molecular weight is 233 g/mol. The molecule has 4 heteroatoms. The molecule has 0 aliphatic heterocycles. The SMILES string of the molecule is CCOC(=O)C=Cc1c[nH]c2cccc(F)c12. The molecule has 0 spiro atoms. The standard InChI is InChI=1S/C13H12FNO2/c1-2-17-12(16)7-6-9-8-15-11-5-3-4-10(14)13(9)11/h3-8,15H,2H2,1H3. The van der Waals surface area contributed by atoms with Crippen molar-refractivity contribution in [1.29, 1.82) is 0 Å². The lowest BCUT2D eigenvalue weighted by atomic mass is 10.1. The molecule has 0 saturated heterocycles. The van der Waals surface area contributed by atoms with E-state index in [-0.39, 0.29) is 5.82 Å². The Hall–Kier alpha value is -2.10. The number of hydrogen-bond acceptors (Lipinski definition) is 2. The molecule has 0 bridgehead atoms. The van der Waals surface area contributed by atoms with Crippen molar-refractivity contribution in [2.24, 2.45) is 0 Å². The number of H-pyrrole nitrogens is 1. The number of nitrogens with one attached hydrogen (secondary N) is 1. The molecule has 0 aliphatic carbocycles. The van der Waals surface area contributed by atoms with Crippen LogP contribution in [-0.2, 0) is 9.53 Å². The molecule has 88 valence electrons. The largest absolute Gasteiger partial charge is 0.463 e. The molecule has 0 fully saturated rings. The van der Waals surface area contributed by atoms with E-state index in [0.29, 0.717) is 23.1 Å². The summed E-state index contributed by atoms with van der Waals surface area (Å²) >= 11 is 0. The average Bonchev–Trinajstić information content (AvgIpc) is 2.71. The first-order valence-corrected chi connectivity index (χ1v) is 5.33. The highest BCUT2D eigenvalue weighted by Crippen LogP contribution is 2.22. The predicted octanol–water partition coefficient (Wildman–Crippen LogP) is 2.88. The summed E-state index contributed by atoms with van der Waals surface area (Å²) in [5.74, 6) is -0.745. The number of carbonyl (C=O) groups excluding carboxylic acids is 1. The summed E-state index contributed by atoms with van der Waals surface area (Å²) in [6, 6.07) is 4.80. The highest BCUT2D eigenvalue weighted by Gasteiger charge is 2.06. The number of esters is 1. The Kier molecular flexibility index (Phi) is 3.23. The quantitative estimate of drug-likeness (QED) is 0.654. The van der Waals surface area contributed by atoms with Gasteiger partial charge in [0.25, 0.3) is 0 Å². The third-order valence-corrected chi connectivity index (χ3v) is 2.37. The van der Waals surface area contributed by atoms with Crippen molar-refractivity contribution in [3.63, 3.8) is 0 Å². The second kappa shape index (κ2) is 4.82. The maximum atomic E-state index is 13.6.